The van der Waals surface area contributed by atoms with Crippen molar-refractivity contribution in [3.63, 3.8) is 0 Å². The van der Waals surface area contributed by atoms with Crippen molar-refractivity contribution < 1.29 is 0 Å². The Hall–Kier alpha value is -1.04. The highest BCUT2D eigenvalue weighted by Gasteiger charge is 2.43. The number of benzene rings is 1. The summed E-state index contributed by atoms with van der Waals surface area (Å²) in [5, 5.41) is 0. The van der Waals surface area contributed by atoms with E-state index in [0.29, 0.717) is 5.41 Å². The van der Waals surface area contributed by atoms with E-state index in [1.54, 1.807) is 5.56 Å². The van der Waals surface area contributed by atoms with Crippen LogP contribution in [0, 0.1) is 13.8 Å². The Morgan fingerprint density at radius 1 is 1.31 bits per heavy atom. The molecule has 0 bridgehead atoms. The van der Waals surface area contributed by atoms with Crippen LogP contribution in [0.25, 0.3) is 5.57 Å². The van der Waals surface area contributed by atoms with Crippen molar-refractivity contribution >= 4 is 5.57 Å². The summed E-state index contributed by atoms with van der Waals surface area (Å²) < 4.78 is 0. The first-order valence-electron chi connectivity index (χ1n) is 6.28. The topological polar surface area (TPSA) is 0 Å². The quantitative estimate of drug-likeness (QED) is 0.679. The van der Waals surface area contributed by atoms with Gasteiger partial charge in [-0.2, -0.15) is 0 Å². The van der Waals surface area contributed by atoms with Gasteiger partial charge >= 0.3 is 0 Å². The van der Waals surface area contributed by atoms with Gasteiger partial charge in [0.25, 0.3) is 0 Å². The van der Waals surface area contributed by atoms with Gasteiger partial charge in [0, 0.05) is 0 Å². The molecule has 1 aromatic rings. The number of hydrogen-bond donors (Lipinski definition) is 0. The predicted octanol–water partition coefficient (Wildman–Crippen LogP) is 4.78. The second-order valence-corrected chi connectivity index (χ2v) is 5.40. The molecule has 0 aliphatic heterocycles. The number of rotatable bonds is 3. The van der Waals surface area contributed by atoms with Gasteiger partial charge in [-0.3, -0.25) is 0 Å². The Bertz CT molecular complexity index is 434. The molecule has 0 heterocycles. The second-order valence-electron chi connectivity index (χ2n) is 5.40. The Kier molecular flexibility index (Phi) is 2.69. The van der Waals surface area contributed by atoms with Gasteiger partial charge in [0.1, 0.15) is 0 Å². The van der Waals surface area contributed by atoms with Crippen molar-refractivity contribution in [3.05, 3.63) is 41.0 Å². The third kappa shape index (κ3) is 1.71. The van der Waals surface area contributed by atoms with Gasteiger partial charge in [-0.05, 0) is 62.1 Å². The molecule has 0 nitrogen and oxygen atoms in total. The summed E-state index contributed by atoms with van der Waals surface area (Å²) in [5.74, 6) is 0. The van der Waals surface area contributed by atoms with Crippen LogP contribution < -0.4 is 0 Å². The zero-order chi connectivity index (χ0) is 11.9. The van der Waals surface area contributed by atoms with E-state index in [2.05, 4.69) is 46.4 Å². The van der Waals surface area contributed by atoms with Crippen LogP contribution in [-0.2, 0) is 5.41 Å². The highest BCUT2D eigenvalue weighted by Crippen LogP contribution is 2.52. The molecule has 1 fully saturated rings. The molecule has 0 saturated heterocycles. The maximum absolute atomic E-state index is 4.10. The zero-order valence-electron chi connectivity index (χ0n) is 11.0. The summed E-state index contributed by atoms with van der Waals surface area (Å²) in [6, 6.07) is 4.66. The molecule has 16 heavy (non-hydrogen) atoms. The first-order valence-corrected chi connectivity index (χ1v) is 6.28. The van der Waals surface area contributed by atoms with Gasteiger partial charge in [0.15, 0.2) is 0 Å². The second kappa shape index (κ2) is 3.76. The maximum Gasteiger partial charge on any atom is -0.00460 e. The minimum Gasteiger partial charge on any atom is -0.0955 e. The molecule has 0 spiro atoms. The van der Waals surface area contributed by atoms with E-state index in [9.17, 15) is 0 Å². The van der Waals surface area contributed by atoms with Gasteiger partial charge in [-0.25, -0.2) is 0 Å². The molecule has 0 N–H and O–H groups in total. The van der Waals surface area contributed by atoms with Crippen LogP contribution in [0.5, 0.6) is 0 Å². The molecule has 2 rings (SSSR count). The fourth-order valence-electron chi connectivity index (χ4n) is 2.82. The van der Waals surface area contributed by atoms with Gasteiger partial charge in [-0.15, -0.1) is 0 Å². The maximum atomic E-state index is 4.10. The molecule has 0 aromatic heterocycles. The average molecular weight is 214 g/mol. The number of hydrogen-bond acceptors (Lipinski definition) is 0. The highest BCUT2D eigenvalue weighted by atomic mass is 14.5. The van der Waals surface area contributed by atoms with E-state index in [-0.39, 0.29) is 0 Å². The standard InChI is InChI=1S/C16H22/c1-6-16(7-8-16)15-10-12(4)9-14(11(2)3)13(15)5/h9-10H,2,6-8H2,1,3-5H3. The van der Waals surface area contributed by atoms with Crippen LogP contribution >= 0.6 is 0 Å². The summed E-state index contributed by atoms with van der Waals surface area (Å²) in [7, 11) is 0. The van der Waals surface area contributed by atoms with E-state index in [0.717, 1.165) is 0 Å². The number of allylic oxidation sites excluding steroid dienone is 1. The van der Waals surface area contributed by atoms with E-state index in [1.165, 1.54) is 41.5 Å². The first kappa shape index (κ1) is 11.4. The molecule has 1 saturated carbocycles. The largest absolute Gasteiger partial charge is 0.0955 e. The van der Waals surface area contributed by atoms with Crippen LogP contribution in [0.2, 0.25) is 0 Å². The lowest BCUT2D eigenvalue weighted by atomic mass is 9.85. The molecule has 1 aliphatic carbocycles. The Morgan fingerprint density at radius 2 is 1.94 bits per heavy atom. The fourth-order valence-corrected chi connectivity index (χ4v) is 2.82. The van der Waals surface area contributed by atoms with Crippen molar-refractivity contribution in [2.45, 2.75) is 52.4 Å². The predicted molar refractivity (Wildman–Crippen MR) is 71.8 cm³/mol. The Labute approximate surface area is 99.4 Å². The molecular formula is C16H22. The highest BCUT2D eigenvalue weighted by molar-refractivity contribution is 5.67. The van der Waals surface area contributed by atoms with Gasteiger partial charge in [0.2, 0.25) is 0 Å². The van der Waals surface area contributed by atoms with Gasteiger partial charge < -0.3 is 0 Å². The van der Waals surface area contributed by atoms with Crippen LogP contribution in [0.15, 0.2) is 18.7 Å². The Morgan fingerprint density at radius 3 is 2.38 bits per heavy atom. The lowest BCUT2D eigenvalue weighted by Crippen LogP contribution is -2.08. The molecule has 1 aromatic carbocycles. The Balaban J connectivity index is 2.58. The molecular weight excluding hydrogens is 192 g/mol. The van der Waals surface area contributed by atoms with Crippen LogP contribution in [0.4, 0.5) is 0 Å². The third-order valence-electron chi connectivity index (χ3n) is 4.11. The van der Waals surface area contributed by atoms with Crippen molar-refractivity contribution in [3.8, 4) is 0 Å². The van der Waals surface area contributed by atoms with Gasteiger partial charge in [-0.1, -0.05) is 36.8 Å². The van der Waals surface area contributed by atoms with Crippen molar-refractivity contribution in [2.24, 2.45) is 0 Å². The molecule has 0 atom stereocenters. The van der Waals surface area contributed by atoms with E-state index in [4.69, 9.17) is 0 Å². The normalized spacial score (nSPS) is 17.2. The molecule has 1 aliphatic rings. The molecule has 0 radical (unpaired) electrons. The fraction of sp³-hybridized carbons (Fsp3) is 0.500. The molecule has 0 amide bonds. The van der Waals surface area contributed by atoms with Crippen LogP contribution in [0.3, 0.4) is 0 Å². The lowest BCUT2D eigenvalue weighted by Gasteiger charge is -2.20. The summed E-state index contributed by atoms with van der Waals surface area (Å²) >= 11 is 0. The summed E-state index contributed by atoms with van der Waals surface area (Å²) in [4.78, 5) is 0. The van der Waals surface area contributed by atoms with Gasteiger partial charge in [0.05, 0.1) is 0 Å². The monoisotopic (exact) mass is 214 g/mol. The minimum absolute atomic E-state index is 0.500. The number of aryl methyl sites for hydroxylation is 1. The minimum atomic E-state index is 0.500. The molecule has 86 valence electrons. The molecule has 0 unspecified atom stereocenters. The van der Waals surface area contributed by atoms with Crippen molar-refractivity contribution in [1.82, 2.24) is 0 Å². The van der Waals surface area contributed by atoms with E-state index < -0.39 is 0 Å². The smallest absolute Gasteiger partial charge is 0.00460 e. The first-order chi connectivity index (χ1) is 7.50. The van der Waals surface area contributed by atoms with Crippen LogP contribution in [0.1, 0.15) is 55.4 Å². The van der Waals surface area contributed by atoms with Crippen molar-refractivity contribution in [1.29, 1.82) is 0 Å². The van der Waals surface area contributed by atoms with Crippen LogP contribution in [-0.4, -0.2) is 0 Å². The summed E-state index contributed by atoms with van der Waals surface area (Å²) in [6.45, 7) is 13.0. The SMILES string of the molecule is C=C(C)c1cc(C)cc(C2(CC)CC2)c1C. The summed E-state index contributed by atoms with van der Waals surface area (Å²) in [6.07, 6.45) is 4.00. The van der Waals surface area contributed by atoms with E-state index >= 15 is 0 Å². The van der Waals surface area contributed by atoms with Crippen molar-refractivity contribution in [2.75, 3.05) is 0 Å². The van der Waals surface area contributed by atoms with E-state index in [1.807, 2.05) is 0 Å². The molecule has 0 heteroatoms. The lowest BCUT2D eigenvalue weighted by molar-refractivity contribution is 0.658. The summed E-state index contributed by atoms with van der Waals surface area (Å²) in [5.41, 5.74) is 7.45. The zero-order valence-corrected chi connectivity index (χ0v) is 11.0. The average Bonchev–Trinajstić information content (AvgIpc) is 3.01. The third-order valence-corrected chi connectivity index (χ3v) is 4.11.